The average molecular weight is 396 g/mol. The summed E-state index contributed by atoms with van der Waals surface area (Å²) in [4.78, 5) is 37.6. The van der Waals surface area contributed by atoms with Gasteiger partial charge in [-0.05, 0) is 41.2 Å². The number of hydrogen-bond donors (Lipinski definition) is 3. The van der Waals surface area contributed by atoms with Crippen molar-refractivity contribution in [1.82, 2.24) is 10.2 Å². The van der Waals surface area contributed by atoms with Crippen LogP contribution in [0.1, 0.15) is 52.6 Å². The summed E-state index contributed by atoms with van der Waals surface area (Å²) in [5, 5.41) is 21.8. The number of nitrogens with one attached hydrogen (secondary N) is 1. The first-order chi connectivity index (χ1) is 13.6. The number of amides is 3. The van der Waals surface area contributed by atoms with Gasteiger partial charge in [-0.3, -0.25) is 14.5 Å². The first-order valence-corrected chi connectivity index (χ1v) is 9.35. The first-order valence-electron chi connectivity index (χ1n) is 9.35. The van der Waals surface area contributed by atoms with Crippen molar-refractivity contribution >= 4 is 17.9 Å². The van der Waals surface area contributed by atoms with Crippen molar-refractivity contribution < 1.29 is 24.6 Å². The lowest BCUT2D eigenvalue weighted by Gasteiger charge is -2.25. The largest absolute Gasteiger partial charge is 0.508 e. The predicted molar refractivity (Wildman–Crippen MR) is 107 cm³/mol. The molecule has 3 rings (SSSR count). The molecule has 0 saturated heterocycles. The van der Waals surface area contributed by atoms with E-state index >= 15 is 0 Å². The van der Waals surface area contributed by atoms with Crippen LogP contribution in [-0.4, -0.2) is 45.6 Å². The number of hydrogen-bond acceptors (Lipinski definition) is 4. The fourth-order valence-corrected chi connectivity index (χ4v) is 3.56. The highest BCUT2D eigenvalue weighted by atomic mass is 16.4. The van der Waals surface area contributed by atoms with E-state index in [0.29, 0.717) is 11.1 Å². The number of carboxylic acid groups (broad SMARTS) is 1. The Morgan fingerprint density at radius 3 is 2.17 bits per heavy atom. The van der Waals surface area contributed by atoms with E-state index in [1.807, 2.05) is 26.8 Å². The molecule has 1 atom stereocenters. The van der Waals surface area contributed by atoms with Gasteiger partial charge >= 0.3 is 6.09 Å². The first kappa shape index (κ1) is 20.4. The maximum Gasteiger partial charge on any atom is 0.404 e. The molecule has 1 aliphatic heterocycles. The Balaban J connectivity index is 1.84. The maximum absolute atomic E-state index is 12.6. The Morgan fingerprint density at radius 2 is 1.66 bits per heavy atom. The van der Waals surface area contributed by atoms with Gasteiger partial charge in [0.2, 0.25) is 0 Å². The van der Waals surface area contributed by atoms with Gasteiger partial charge in [-0.1, -0.05) is 45.0 Å². The Labute approximate surface area is 169 Å². The summed E-state index contributed by atoms with van der Waals surface area (Å²) in [6.45, 7) is 5.83. The molecular formula is C22H24N2O5. The molecule has 0 aromatic heterocycles. The molecule has 0 bridgehead atoms. The second kappa shape index (κ2) is 7.58. The highest BCUT2D eigenvalue weighted by molar-refractivity contribution is 6.21. The molecular weight excluding hydrogens is 372 g/mol. The fourth-order valence-electron chi connectivity index (χ4n) is 3.56. The maximum atomic E-state index is 12.6. The van der Waals surface area contributed by atoms with Crippen molar-refractivity contribution in [3.05, 3.63) is 64.7 Å². The van der Waals surface area contributed by atoms with Crippen LogP contribution in [0.2, 0.25) is 0 Å². The van der Waals surface area contributed by atoms with E-state index in [1.165, 1.54) is 0 Å². The average Bonchev–Trinajstić information content (AvgIpc) is 2.87. The van der Waals surface area contributed by atoms with Crippen LogP contribution in [0.5, 0.6) is 5.75 Å². The summed E-state index contributed by atoms with van der Waals surface area (Å²) in [6.07, 6.45) is -0.968. The lowest BCUT2D eigenvalue weighted by atomic mass is 9.85. The normalized spacial score (nSPS) is 14.7. The Morgan fingerprint density at radius 1 is 1.07 bits per heavy atom. The van der Waals surface area contributed by atoms with Gasteiger partial charge in [0.15, 0.2) is 0 Å². The zero-order valence-electron chi connectivity index (χ0n) is 16.6. The topological polar surface area (TPSA) is 107 Å². The van der Waals surface area contributed by atoms with Crippen LogP contribution < -0.4 is 5.32 Å². The van der Waals surface area contributed by atoms with Gasteiger partial charge in [0.25, 0.3) is 11.8 Å². The Hall–Kier alpha value is -3.35. The van der Waals surface area contributed by atoms with Crippen LogP contribution in [0.15, 0.2) is 42.5 Å². The number of carbonyl (C=O) groups is 3. The number of phenols is 1. The number of aromatic hydroxyl groups is 1. The highest BCUT2D eigenvalue weighted by Gasteiger charge is 2.36. The SMILES string of the molecule is CC(C)(C)c1cc(CC(CN2C(=O)c3ccccc3C2=O)NC(=O)O)ccc1O. The van der Waals surface area contributed by atoms with E-state index in [0.717, 1.165) is 16.0 Å². The molecule has 0 spiro atoms. The monoisotopic (exact) mass is 396 g/mol. The summed E-state index contributed by atoms with van der Waals surface area (Å²) in [6, 6.07) is 11.0. The van der Waals surface area contributed by atoms with Crippen LogP contribution in [0.3, 0.4) is 0 Å². The number of carbonyl (C=O) groups excluding carboxylic acids is 2. The quantitative estimate of drug-likeness (QED) is 0.673. The van der Waals surface area contributed by atoms with Crippen molar-refractivity contribution in [3.63, 3.8) is 0 Å². The molecule has 3 amide bonds. The van der Waals surface area contributed by atoms with Crippen LogP contribution in [0.4, 0.5) is 4.79 Å². The Kier molecular flexibility index (Phi) is 5.33. The number of imide groups is 1. The third kappa shape index (κ3) is 4.23. The molecule has 7 nitrogen and oxygen atoms in total. The summed E-state index contributed by atoms with van der Waals surface area (Å²) in [5.74, 6) is -0.683. The predicted octanol–water partition coefficient (Wildman–Crippen LogP) is 3.16. The molecule has 0 radical (unpaired) electrons. The summed E-state index contributed by atoms with van der Waals surface area (Å²) in [7, 11) is 0. The number of fused-ring (bicyclic) bond motifs is 1. The van der Waals surface area contributed by atoms with Crippen LogP contribution >= 0.6 is 0 Å². The molecule has 0 aliphatic carbocycles. The molecule has 0 saturated carbocycles. The highest BCUT2D eigenvalue weighted by Crippen LogP contribution is 2.31. The molecule has 1 heterocycles. The van der Waals surface area contributed by atoms with E-state index in [4.69, 9.17) is 0 Å². The van der Waals surface area contributed by atoms with Crippen molar-refractivity contribution in [1.29, 1.82) is 0 Å². The van der Waals surface area contributed by atoms with E-state index in [-0.39, 0.29) is 24.1 Å². The summed E-state index contributed by atoms with van der Waals surface area (Å²) in [5.41, 5.74) is 1.89. The second-order valence-electron chi connectivity index (χ2n) is 8.22. The third-order valence-corrected chi connectivity index (χ3v) is 4.96. The smallest absolute Gasteiger partial charge is 0.404 e. The zero-order valence-corrected chi connectivity index (χ0v) is 16.6. The molecule has 7 heteroatoms. The standard InChI is InChI=1S/C22H24N2O5/c1-22(2,3)17-11-13(8-9-18(17)25)10-14(23-21(28)29)12-24-19(26)15-6-4-5-7-16(15)20(24)27/h4-9,11,14,23,25H,10,12H2,1-3H3,(H,28,29). The van der Waals surface area contributed by atoms with Crippen molar-refractivity contribution in [2.45, 2.75) is 38.6 Å². The minimum Gasteiger partial charge on any atom is -0.508 e. The van der Waals surface area contributed by atoms with Crippen molar-refractivity contribution in [2.24, 2.45) is 0 Å². The summed E-state index contributed by atoms with van der Waals surface area (Å²) < 4.78 is 0. The number of phenolic OH excluding ortho intramolecular Hbond substituents is 1. The Bertz CT molecular complexity index is 942. The van der Waals surface area contributed by atoms with Gasteiger partial charge in [0, 0.05) is 0 Å². The van der Waals surface area contributed by atoms with Crippen LogP contribution in [0.25, 0.3) is 0 Å². The van der Waals surface area contributed by atoms with Crippen LogP contribution in [0, 0.1) is 0 Å². The van der Waals surface area contributed by atoms with Crippen molar-refractivity contribution in [3.8, 4) is 5.75 Å². The second-order valence-corrected chi connectivity index (χ2v) is 8.22. The number of rotatable bonds is 5. The summed E-state index contributed by atoms with van der Waals surface area (Å²) >= 11 is 0. The lowest BCUT2D eigenvalue weighted by molar-refractivity contribution is 0.0636. The van der Waals surface area contributed by atoms with Gasteiger partial charge in [0.1, 0.15) is 5.75 Å². The van der Waals surface area contributed by atoms with Crippen molar-refractivity contribution in [2.75, 3.05) is 6.54 Å². The molecule has 1 aliphatic rings. The lowest BCUT2D eigenvalue weighted by Crippen LogP contribution is -2.46. The van der Waals surface area contributed by atoms with Gasteiger partial charge in [0.05, 0.1) is 23.7 Å². The molecule has 2 aromatic rings. The molecule has 2 aromatic carbocycles. The minimum absolute atomic E-state index is 0.0790. The minimum atomic E-state index is -1.23. The number of benzene rings is 2. The van der Waals surface area contributed by atoms with Gasteiger partial charge in [-0.25, -0.2) is 4.79 Å². The van der Waals surface area contributed by atoms with Crippen LogP contribution in [-0.2, 0) is 11.8 Å². The van der Waals surface area contributed by atoms with Gasteiger partial charge in [-0.2, -0.15) is 0 Å². The zero-order chi connectivity index (χ0) is 21.3. The van der Waals surface area contributed by atoms with Gasteiger partial charge in [-0.15, -0.1) is 0 Å². The number of nitrogens with zero attached hydrogens (tertiary/aromatic N) is 1. The molecule has 3 N–H and O–H groups in total. The molecule has 1 unspecified atom stereocenters. The van der Waals surface area contributed by atoms with E-state index in [9.17, 15) is 24.6 Å². The molecule has 0 fully saturated rings. The van der Waals surface area contributed by atoms with E-state index in [2.05, 4.69) is 5.32 Å². The molecule has 29 heavy (non-hydrogen) atoms. The van der Waals surface area contributed by atoms with E-state index < -0.39 is 23.9 Å². The molecule has 152 valence electrons. The third-order valence-electron chi connectivity index (χ3n) is 4.96. The fraction of sp³-hybridized carbons (Fsp3) is 0.318. The van der Waals surface area contributed by atoms with E-state index in [1.54, 1.807) is 36.4 Å². The van der Waals surface area contributed by atoms with Gasteiger partial charge < -0.3 is 15.5 Å².